The number of hydrogen-bond donors (Lipinski definition) is 0. The molecule has 0 fully saturated rings. The third kappa shape index (κ3) is 34.3. The molecule has 3 nitrogen and oxygen atoms in total. The SMILES string of the molecule is Cc1cc(C(c2ccccc2)c2ccccc2)c([O-])c(C(c2ccccc2)c2ccccc2)c1.Cc1cc(C(c2ccccc2)c2ccccc2)c([O-])c(C(c2ccccc2)c2ccccc2)c1.Cc1cc(C(c2ccccc2)c2ccccc2)c([O-])c(C(c2ccccc2)c2ccccc2)c1.[U+3].c1ccccc1.c1ccccc1.c1ccccc1.c1ccccc1.c1ccccc1.c1ccccc1.c1ccccc1. The Morgan fingerprint density at radius 1 is 0.110 bits per heavy atom. The van der Waals surface area contributed by atoms with Gasteiger partial charge in [-0.3, -0.25) is 0 Å². The second kappa shape index (κ2) is 61.8. The second-order valence-electron chi connectivity index (χ2n) is 34.4. The van der Waals surface area contributed by atoms with E-state index in [0.29, 0.717) is 0 Å². The van der Waals surface area contributed by atoms with Crippen molar-refractivity contribution >= 4 is 0 Å². The predicted octanol–water partition coefficient (Wildman–Crippen LogP) is 34.1. The maximum absolute atomic E-state index is 14.3. The molecule has 0 aliphatic heterocycles. The molecule has 0 amide bonds. The van der Waals surface area contributed by atoms with Crippen molar-refractivity contribution in [2.75, 3.05) is 0 Å². The van der Waals surface area contributed by atoms with Crippen molar-refractivity contribution in [2.45, 2.75) is 56.3 Å². The first-order valence-electron chi connectivity index (χ1n) is 49.2. The fourth-order valence-electron chi connectivity index (χ4n) is 17.5. The Kier molecular flexibility index (Phi) is 45.6. The number of aryl methyl sites for hydroxylation is 3. The Balaban J connectivity index is 0.000000160. The first-order chi connectivity index (χ1) is 71.2. The van der Waals surface area contributed by atoms with Crippen LogP contribution in [0.4, 0.5) is 0 Å². The van der Waals surface area contributed by atoms with E-state index < -0.39 is 0 Å². The first-order valence-corrected chi connectivity index (χ1v) is 49.2. The van der Waals surface area contributed by atoms with Crippen molar-refractivity contribution in [3.63, 3.8) is 0 Å². The Hall–Kier alpha value is -16.7. The summed E-state index contributed by atoms with van der Waals surface area (Å²) >= 11 is 0. The van der Waals surface area contributed by atoms with E-state index in [-0.39, 0.29) is 83.9 Å². The summed E-state index contributed by atoms with van der Waals surface area (Å²) in [7, 11) is 0. The zero-order chi connectivity index (χ0) is 99.7. The molecule has 0 spiro atoms. The molecule has 0 N–H and O–H groups in total. The van der Waals surface area contributed by atoms with Crippen molar-refractivity contribution in [2.24, 2.45) is 0 Å². The minimum Gasteiger partial charge on any atom is -0.872 e. The van der Waals surface area contributed by atoms with Gasteiger partial charge in [-0.25, -0.2) is 0 Å². The standard InChI is InChI=1S/3C33H28O.7C6H6.U/c3*1-24-22-29(31(25-14-6-2-7-15-25)26-16-8-3-9-17-26)33(34)30(23-24)32(27-18-10-4-11-19-27)28-20-12-5-13-21-28;7*1-2-4-6-5-3-1;/h3*2-23,31-32,34H,1H3;7*1-6H;/q;;;;;;;;;;+3/p-3. The van der Waals surface area contributed by atoms with Gasteiger partial charge in [0.1, 0.15) is 0 Å². The summed E-state index contributed by atoms with van der Waals surface area (Å²) in [6.07, 6.45) is 0. The molecule has 0 heterocycles. The van der Waals surface area contributed by atoms with Gasteiger partial charge in [-0.2, -0.15) is 0 Å². The maximum Gasteiger partial charge on any atom is 3.00 e. The number of hydrogen-bond acceptors (Lipinski definition) is 3. The summed E-state index contributed by atoms with van der Waals surface area (Å²) in [6.45, 7) is 6.27. The molecule has 0 aliphatic carbocycles. The molecule has 0 saturated carbocycles. The normalized spacial score (nSPS) is 10.2. The Morgan fingerprint density at radius 3 is 0.241 bits per heavy atom. The average molecular weight is 2100 g/mol. The molecular formula is C141H123O3U. The predicted molar refractivity (Wildman–Crippen MR) is 600 cm³/mol. The van der Waals surface area contributed by atoms with E-state index in [4.69, 9.17) is 0 Å². The van der Waals surface area contributed by atoms with Crippen LogP contribution in [0.5, 0.6) is 17.2 Å². The fourth-order valence-corrected chi connectivity index (χ4v) is 17.5. The molecule has 0 aromatic heterocycles. The van der Waals surface area contributed by atoms with Crippen LogP contribution in [0, 0.1) is 51.9 Å². The molecule has 709 valence electrons. The van der Waals surface area contributed by atoms with Crippen LogP contribution in [0.25, 0.3) is 0 Å². The monoisotopic (exact) mass is 2100 g/mol. The van der Waals surface area contributed by atoms with Gasteiger partial charge in [0.15, 0.2) is 0 Å². The summed E-state index contributed by atoms with van der Waals surface area (Å²) < 4.78 is 0. The third-order valence-electron chi connectivity index (χ3n) is 24.0. The molecule has 22 rings (SSSR count). The molecule has 0 unspecified atom stereocenters. The van der Waals surface area contributed by atoms with Crippen LogP contribution >= 0.6 is 0 Å². The summed E-state index contributed by atoms with van der Waals surface area (Å²) in [5.74, 6) is -0.410. The van der Waals surface area contributed by atoms with Crippen molar-refractivity contribution < 1.29 is 46.4 Å². The average Bonchev–Trinajstić information content (AvgIpc) is 0.773. The van der Waals surface area contributed by atoms with Gasteiger partial charge >= 0.3 is 31.1 Å². The van der Waals surface area contributed by atoms with E-state index in [1.54, 1.807) is 0 Å². The molecule has 145 heavy (non-hydrogen) atoms. The molecule has 0 atom stereocenters. The molecule has 0 saturated heterocycles. The zero-order valence-electron chi connectivity index (χ0n) is 82.5. The van der Waals surface area contributed by atoms with E-state index in [0.717, 1.165) is 117 Å². The molecule has 4 heteroatoms. The van der Waals surface area contributed by atoms with Crippen LogP contribution in [0.1, 0.15) is 152 Å². The largest absolute Gasteiger partial charge is 3.00 e. The first kappa shape index (κ1) is 107. The molecular weight excluding hydrogens is 1980 g/mol. The molecule has 1 radical (unpaired) electrons. The van der Waals surface area contributed by atoms with Crippen LogP contribution in [-0.4, -0.2) is 0 Å². The van der Waals surface area contributed by atoms with Crippen LogP contribution in [0.2, 0.25) is 0 Å². The van der Waals surface area contributed by atoms with Gasteiger partial charge in [0, 0.05) is 35.5 Å². The number of rotatable bonds is 18. The molecule has 22 aromatic carbocycles. The van der Waals surface area contributed by atoms with Crippen molar-refractivity contribution in [1.29, 1.82) is 0 Å². The van der Waals surface area contributed by atoms with Gasteiger partial charge < -0.3 is 15.3 Å². The summed E-state index contributed by atoms with van der Waals surface area (Å²) in [5, 5.41) is 42.9. The molecule has 0 aliphatic rings. The van der Waals surface area contributed by atoms with Crippen molar-refractivity contribution in [1.82, 2.24) is 0 Å². The van der Waals surface area contributed by atoms with Gasteiger partial charge in [-0.05, 0) is 121 Å². The summed E-state index contributed by atoms with van der Waals surface area (Å²) in [6, 6.07) is 221. The summed E-state index contributed by atoms with van der Waals surface area (Å²) in [4.78, 5) is 0. The number of benzene rings is 22. The third-order valence-corrected chi connectivity index (χ3v) is 24.0. The second-order valence-corrected chi connectivity index (χ2v) is 34.4. The maximum atomic E-state index is 14.3. The van der Waals surface area contributed by atoms with Crippen molar-refractivity contribution in [3.05, 3.63) is 772 Å². The van der Waals surface area contributed by atoms with E-state index in [1.807, 2.05) is 473 Å². The van der Waals surface area contributed by atoms with Crippen molar-refractivity contribution in [3.8, 4) is 17.2 Å². The zero-order valence-corrected chi connectivity index (χ0v) is 86.7. The fraction of sp³-hybridized carbons (Fsp3) is 0.0638. The van der Waals surface area contributed by atoms with E-state index in [9.17, 15) is 15.3 Å². The Labute approximate surface area is 884 Å². The Morgan fingerprint density at radius 2 is 0.172 bits per heavy atom. The van der Waals surface area contributed by atoms with Crippen LogP contribution < -0.4 is 15.3 Å². The van der Waals surface area contributed by atoms with Crippen LogP contribution in [0.3, 0.4) is 0 Å². The van der Waals surface area contributed by atoms with Gasteiger partial charge in [0.25, 0.3) is 0 Å². The van der Waals surface area contributed by atoms with Gasteiger partial charge in [-0.15, -0.1) is 17.2 Å². The van der Waals surface area contributed by atoms with Gasteiger partial charge in [-0.1, -0.05) is 672 Å². The summed E-state index contributed by atoms with van der Waals surface area (Å²) in [5.41, 5.74) is 21.7. The molecule has 0 bridgehead atoms. The van der Waals surface area contributed by atoms with E-state index >= 15 is 0 Å². The van der Waals surface area contributed by atoms with E-state index in [2.05, 4.69) is 203 Å². The van der Waals surface area contributed by atoms with E-state index in [1.165, 1.54) is 0 Å². The smallest absolute Gasteiger partial charge is 0.872 e. The van der Waals surface area contributed by atoms with Gasteiger partial charge in [0.05, 0.1) is 0 Å². The molecule has 22 aromatic rings. The van der Waals surface area contributed by atoms with Gasteiger partial charge in [0.2, 0.25) is 0 Å². The minimum absolute atomic E-state index is 0. The quantitative estimate of drug-likeness (QED) is 0.0804. The minimum atomic E-state index is -0.124. The Bertz CT molecular complexity index is 5530. The topological polar surface area (TPSA) is 69.2 Å². The van der Waals surface area contributed by atoms with Crippen LogP contribution in [0.15, 0.2) is 655 Å². The van der Waals surface area contributed by atoms with Crippen LogP contribution in [-0.2, 0) is 0 Å².